The maximum atomic E-state index is 11.8. The van der Waals surface area contributed by atoms with E-state index in [9.17, 15) is 4.79 Å². The first-order chi connectivity index (χ1) is 8.72. The second-order valence-corrected chi connectivity index (χ2v) is 4.62. The zero-order valence-electron chi connectivity index (χ0n) is 11.2. The van der Waals surface area contributed by atoms with Crippen molar-refractivity contribution in [1.82, 2.24) is 0 Å². The lowest BCUT2D eigenvalue weighted by Crippen LogP contribution is -2.07. The summed E-state index contributed by atoms with van der Waals surface area (Å²) in [5.74, 6) is 0.184. The van der Waals surface area contributed by atoms with Crippen LogP contribution in [-0.2, 0) is 17.0 Å². The van der Waals surface area contributed by atoms with Crippen molar-refractivity contribution >= 4 is 17.6 Å². The van der Waals surface area contributed by atoms with Crippen molar-refractivity contribution in [2.45, 2.75) is 45.4 Å². The Morgan fingerprint density at radius 1 is 1.22 bits per heavy atom. The first kappa shape index (κ1) is 15.0. The van der Waals surface area contributed by atoms with Crippen molar-refractivity contribution in [3.05, 3.63) is 34.9 Å². The van der Waals surface area contributed by atoms with Crippen molar-refractivity contribution in [2.24, 2.45) is 0 Å². The molecule has 0 heterocycles. The Morgan fingerprint density at radius 2 is 2.00 bits per heavy atom. The summed E-state index contributed by atoms with van der Waals surface area (Å²) in [6, 6.07) is 5.67. The Hall–Kier alpha value is -1.02. The molecule has 0 N–H and O–H groups in total. The van der Waals surface area contributed by atoms with Gasteiger partial charge in [0.2, 0.25) is 0 Å². The highest BCUT2D eigenvalue weighted by Crippen LogP contribution is 2.17. The van der Waals surface area contributed by atoms with Crippen molar-refractivity contribution in [3.8, 4) is 0 Å². The second-order valence-electron chi connectivity index (χ2n) is 4.36. The molecule has 0 aliphatic heterocycles. The van der Waals surface area contributed by atoms with Crippen molar-refractivity contribution in [2.75, 3.05) is 6.61 Å². The molecule has 1 aromatic carbocycles. The van der Waals surface area contributed by atoms with Crippen LogP contribution in [0.5, 0.6) is 0 Å². The number of halogens is 1. The van der Waals surface area contributed by atoms with Gasteiger partial charge in [-0.05, 0) is 36.1 Å². The minimum atomic E-state index is -0.252. The quantitative estimate of drug-likeness (QED) is 0.418. The first-order valence-corrected chi connectivity index (χ1v) is 7.11. The molecule has 1 aromatic rings. The van der Waals surface area contributed by atoms with E-state index in [1.54, 1.807) is 0 Å². The Balaban J connectivity index is 2.74. The number of alkyl halides is 1. The standard InChI is InChI=1S/C15H21ClO2/c1-3-5-9-18-15(17)13-8-7-12(6-4-2)14(10-13)11-16/h7-8,10H,3-6,9,11H2,1-2H3. The Bertz CT molecular complexity index is 388. The van der Waals surface area contributed by atoms with Crippen LogP contribution < -0.4 is 0 Å². The van der Waals surface area contributed by atoms with Gasteiger partial charge >= 0.3 is 5.97 Å². The van der Waals surface area contributed by atoms with Crippen molar-refractivity contribution in [1.29, 1.82) is 0 Å². The van der Waals surface area contributed by atoms with Crippen LogP contribution in [0.15, 0.2) is 18.2 Å². The third-order valence-electron chi connectivity index (χ3n) is 2.84. The lowest BCUT2D eigenvalue weighted by molar-refractivity contribution is 0.0499. The van der Waals surface area contributed by atoms with Crippen molar-refractivity contribution in [3.63, 3.8) is 0 Å². The van der Waals surface area contributed by atoms with Gasteiger partial charge in [-0.1, -0.05) is 32.8 Å². The molecule has 0 unspecified atom stereocenters. The van der Waals surface area contributed by atoms with Crippen LogP contribution in [0.2, 0.25) is 0 Å². The number of carbonyl (C=O) groups excluding carboxylic acids is 1. The van der Waals surface area contributed by atoms with E-state index in [2.05, 4.69) is 13.8 Å². The number of hydrogen-bond donors (Lipinski definition) is 0. The highest BCUT2D eigenvalue weighted by molar-refractivity contribution is 6.17. The second kappa shape index (κ2) is 8.15. The maximum absolute atomic E-state index is 11.8. The summed E-state index contributed by atoms with van der Waals surface area (Å²) in [5, 5.41) is 0. The molecule has 0 aromatic heterocycles. The van der Waals surface area contributed by atoms with Crippen LogP contribution in [0, 0.1) is 0 Å². The van der Waals surface area contributed by atoms with Gasteiger partial charge in [0, 0.05) is 5.88 Å². The third kappa shape index (κ3) is 4.34. The number of carbonyl (C=O) groups is 1. The predicted molar refractivity (Wildman–Crippen MR) is 75.2 cm³/mol. The summed E-state index contributed by atoms with van der Waals surface area (Å²) in [7, 11) is 0. The number of hydrogen-bond acceptors (Lipinski definition) is 2. The Kier molecular flexibility index (Phi) is 6.81. The van der Waals surface area contributed by atoms with Crippen LogP contribution >= 0.6 is 11.6 Å². The van der Waals surface area contributed by atoms with Crippen LogP contribution in [-0.4, -0.2) is 12.6 Å². The van der Waals surface area contributed by atoms with Gasteiger partial charge in [0.05, 0.1) is 12.2 Å². The van der Waals surface area contributed by atoms with E-state index < -0.39 is 0 Å². The third-order valence-corrected chi connectivity index (χ3v) is 3.12. The molecular weight excluding hydrogens is 248 g/mol. The van der Waals surface area contributed by atoms with E-state index in [1.807, 2.05) is 18.2 Å². The molecule has 0 saturated heterocycles. The minimum absolute atomic E-state index is 0.252. The molecule has 0 saturated carbocycles. The highest BCUT2D eigenvalue weighted by Gasteiger charge is 2.10. The maximum Gasteiger partial charge on any atom is 0.338 e. The van der Waals surface area contributed by atoms with Gasteiger partial charge in [0.1, 0.15) is 0 Å². The van der Waals surface area contributed by atoms with Gasteiger partial charge in [0.25, 0.3) is 0 Å². The largest absolute Gasteiger partial charge is 0.462 e. The summed E-state index contributed by atoms with van der Waals surface area (Å²) in [4.78, 5) is 11.8. The van der Waals surface area contributed by atoms with Crippen LogP contribution in [0.3, 0.4) is 0 Å². The molecule has 1 rings (SSSR count). The van der Waals surface area contributed by atoms with E-state index in [1.165, 1.54) is 5.56 Å². The van der Waals surface area contributed by atoms with Crippen LogP contribution in [0.1, 0.15) is 54.6 Å². The van der Waals surface area contributed by atoms with Gasteiger partial charge in [-0.2, -0.15) is 0 Å². The van der Waals surface area contributed by atoms with Gasteiger partial charge in [-0.15, -0.1) is 11.6 Å². The van der Waals surface area contributed by atoms with E-state index >= 15 is 0 Å². The summed E-state index contributed by atoms with van der Waals surface area (Å²) >= 11 is 5.92. The lowest BCUT2D eigenvalue weighted by atomic mass is 10.0. The normalized spacial score (nSPS) is 10.4. The fraction of sp³-hybridized carbons (Fsp3) is 0.533. The summed E-state index contributed by atoms with van der Waals surface area (Å²) in [6.07, 6.45) is 4.00. The van der Waals surface area contributed by atoms with E-state index in [4.69, 9.17) is 16.3 Å². The fourth-order valence-electron chi connectivity index (χ4n) is 1.78. The van der Waals surface area contributed by atoms with Gasteiger partial charge in [0.15, 0.2) is 0 Å². The molecule has 0 radical (unpaired) electrons. The summed E-state index contributed by atoms with van der Waals surface area (Å²) < 4.78 is 5.19. The number of rotatable bonds is 7. The monoisotopic (exact) mass is 268 g/mol. The lowest BCUT2D eigenvalue weighted by Gasteiger charge is -2.09. The molecule has 0 atom stereocenters. The topological polar surface area (TPSA) is 26.3 Å². The highest BCUT2D eigenvalue weighted by atomic mass is 35.5. The van der Waals surface area contributed by atoms with Gasteiger partial charge < -0.3 is 4.74 Å². The predicted octanol–water partition coefficient (Wildman–Crippen LogP) is 4.33. The van der Waals surface area contributed by atoms with Crippen LogP contribution in [0.25, 0.3) is 0 Å². The van der Waals surface area contributed by atoms with Crippen molar-refractivity contribution < 1.29 is 9.53 Å². The Morgan fingerprint density at radius 3 is 2.61 bits per heavy atom. The zero-order chi connectivity index (χ0) is 13.4. The molecule has 100 valence electrons. The number of ether oxygens (including phenoxy) is 1. The molecule has 0 aliphatic carbocycles. The van der Waals surface area contributed by atoms with Gasteiger partial charge in [-0.25, -0.2) is 4.79 Å². The average Bonchev–Trinajstić information content (AvgIpc) is 2.39. The SMILES string of the molecule is CCCCOC(=O)c1ccc(CCC)c(CCl)c1. The minimum Gasteiger partial charge on any atom is -0.462 e. The number of esters is 1. The van der Waals surface area contributed by atoms with E-state index in [-0.39, 0.29) is 5.97 Å². The molecule has 0 fully saturated rings. The molecule has 0 aliphatic rings. The first-order valence-electron chi connectivity index (χ1n) is 6.57. The average molecular weight is 269 g/mol. The Labute approximate surface area is 114 Å². The molecular formula is C15H21ClO2. The van der Waals surface area contributed by atoms with Gasteiger partial charge in [-0.3, -0.25) is 0 Å². The zero-order valence-corrected chi connectivity index (χ0v) is 11.9. The molecule has 0 spiro atoms. The number of benzene rings is 1. The number of unbranched alkanes of at least 4 members (excludes halogenated alkanes) is 1. The van der Waals surface area contributed by atoms with Crippen LogP contribution in [0.4, 0.5) is 0 Å². The fourth-order valence-corrected chi connectivity index (χ4v) is 2.03. The summed E-state index contributed by atoms with van der Waals surface area (Å²) in [5.41, 5.74) is 2.85. The van der Waals surface area contributed by atoms with E-state index in [0.29, 0.717) is 18.1 Å². The smallest absolute Gasteiger partial charge is 0.338 e. The molecule has 0 bridgehead atoms. The molecule has 3 heteroatoms. The molecule has 2 nitrogen and oxygen atoms in total. The van der Waals surface area contributed by atoms with E-state index in [0.717, 1.165) is 31.2 Å². The molecule has 18 heavy (non-hydrogen) atoms. The molecule has 0 amide bonds. The summed E-state index contributed by atoms with van der Waals surface area (Å²) in [6.45, 7) is 4.69. The number of aryl methyl sites for hydroxylation is 1.